The quantitative estimate of drug-likeness (QED) is 0.684. The molecule has 0 atom stereocenters. The van der Waals surface area contributed by atoms with E-state index < -0.39 is 5.54 Å². The number of imidazole rings is 1. The van der Waals surface area contributed by atoms with Crippen LogP contribution in [0.4, 0.5) is 10.6 Å². The molecule has 2 saturated heterocycles. The standard InChI is InChI=1S/C20H21N7O2/c1-25-18(28)20(27(19(25)29)11-14-5-3-2-4-6-14)7-9-26(10-8-20)17-15-16(22-12-21-15)23-13-24-17/h2-6,12-13H,7-11H2,1H3,(H,21,22,23,24). The summed E-state index contributed by atoms with van der Waals surface area (Å²) >= 11 is 0. The number of anilines is 1. The number of benzene rings is 1. The summed E-state index contributed by atoms with van der Waals surface area (Å²) in [6.45, 7) is 1.65. The molecule has 2 fully saturated rings. The van der Waals surface area contributed by atoms with Crippen LogP contribution in [0.25, 0.3) is 11.2 Å². The van der Waals surface area contributed by atoms with Gasteiger partial charge in [-0.15, -0.1) is 0 Å². The molecule has 1 spiro atoms. The van der Waals surface area contributed by atoms with Crippen LogP contribution in [0.2, 0.25) is 0 Å². The number of nitrogens with zero attached hydrogens (tertiary/aromatic N) is 6. The predicted molar refractivity (Wildman–Crippen MR) is 106 cm³/mol. The number of H-pyrrole nitrogens is 1. The van der Waals surface area contributed by atoms with Crippen molar-refractivity contribution in [3.63, 3.8) is 0 Å². The van der Waals surface area contributed by atoms with E-state index in [-0.39, 0.29) is 11.9 Å². The highest BCUT2D eigenvalue weighted by Crippen LogP contribution is 2.39. The van der Waals surface area contributed by atoms with Crippen molar-refractivity contribution in [3.05, 3.63) is 48.5 Å². The lowest BCUT2D eigenvalue weighted by Gasteiger charge is -2.42. The second-order valence-corrected chi connectivity index (χ2v) is 7.54. The molecule has 1 N–H and O–H groups in total. The summed E-state index contributed by atoms with van der Waals surface area (Å²) in [6.07, 6.45) is 4.20. The number of carbonyl (C=O) groups excluding carboxylic acids is 2. The Kier molecular flexibility index (Phi) is 3.97. The molecule has 9 nitrogen and oxygen atoms in total. The third kappa shape index (κ3) is 2.65. The van der Waals surface area contributed by atoms with Gasteiger partial charge in [-0.05, 0) is 18.4 Å². The first-order valence-corrected chi connectivity index (χ1v) is 9.63. The first-order chi connectivity index (χ1) is 14.1. The Bertz CT molecular complexity index is 1070. The Hall–Kier alpha value is -3.49. The van der Waals surface area contributed by atoms with Gasteiger partial charge in [0, 0.05) is 26.7 Å². The third-order valence-corrected chi connectivity index (χ3v) is 6.01. The van der Waals surface area contributed by atoms with Crippen LogP contribution in [-0.4, -0.2) is 67.4 Å². The highest BCUT2D eigenvalue weighted by atomic mass is 16.2. The van der Waals surface area contributed by atoms with Crippen LogP contribution < -0.4 is 4.90 Å². The number of hydrogen-bond donors (Lipinski definition) is 1. The number of aromatic nitrogens is 4. The summed E-state index contributed by atoms with van der Waals surface area (Å²) in [7, 11) is 1.57. The minimum absolute atomic E-state index is 0.118. The van der Waals surface area contributed by atoms with Gasteiger partial charge in [0.2, 0.25) is 0 Å². The molecular formula is C20H21N7O2. The number of amides is 3. The highest BCUT2D eigenvalue weighted by Gasteiger charge is 2.56. The fraction of sp³-hybridized carbons (Fsp3) is 0.350. The molecule has 0 saturated carbocycles. The Morgan fingerprint density at radius 2 is 1.83 bits per heavy atom. The Morgan fingerprint density at radius 3 is 2.59 bits per heavy atom. The van der Waals surface area contributed by atoms with E-state index in [0.717, 1.165) is 16.9 Å². The average Bonchev–Trinajstić information content (AvgIpc) is 3.31. The second kappa shape index (κ2) is 6.54. The number of hydrogen-bond acceptors (Lipinski definition) is 6. The van der Waals surface area contributed by atoms with E-state index in [2.05, 4.69) is 24.8 Å². The fourth-order valence-electron chi connectivity index (χ4n) is 4.43. The molecular weight excluding hydrogens is 370 g/mol. The third-order valence-electron chi connectivity index (χ3n) is 6.01. The van der Waals surface area contributed by atoms with E-state index in [1.54, 1.807) is 18.3 Å². The maximum Gasteiger partial charge on any atom is 0.327 e. The zero-order chi connectivity index (χ0) is 20.0. The number of carbonyl (C=O) groups is 2. The number of urea groups is 1. The molecule has 0 aliphatic carbocycles. The van der Waals surface area contributed by atoms with Gasteiger partial charge < -0.3 is 14.8 Å². The van der Waals surface area contributed by atoms with E-state index in [4.69, 9.17) is 0 Å². The van der Waals surface area contributed by atoms with Crippen LogP contribution in [0.15, 0.2) is 43.0 Å². The molecule has 5 rings (SSSR count). The van der Waals surface area contributed by atoms with E-state index in [9.17, 15) is 9.59 Å². The van der Waals surface area contributed by atoms with Crippen molar-refractivity contribution in [1.29, 1.82) is 0 Å². The van der Waals surface area contributed by atoms with Gasteiger partial charge in [-0.25, -0.2) is 19.7 Å². The SMILES string of the molecule is CN1C(=O)N(Cc2ccccc2)C2(CCN(c3ncnc4nc[nH]c34)CC2)C1=O. The van der Waals surface area contributed by atoms with Gasteiger partial charge in [0.1, 0.15) is 17.4 Å². The number of nitrogens with one attached hydrogen (secondary N) is 1. The minimum Gasteiger partial charge on any atom is -0.355 e. The van der Waals surface area contributed by atoms with Crippen molar-refractivity contribution in [2.45, 2.75) is 24.9 Å². The first-order valence-electron chi connectivity index (χ1n) is 9.63. The molecule has 3 aromatic rings. The van der Waals surface area contributed by atoms with Crippen molar-refractivity contribution in [2.24, 2.45) is 0 Å². The van der Waals surface area contributed by atoms with Gasteiger partial charge >= 0.3 is 6.03 Å². The molecule has 29 heavy (non-hydrogen) atoms. The fourth-order valence-corrected chi connectivity index (χ4v) is 4.43. The van der Waals surface area contributed by atoms with Gasteiger partial charge in [0.15, 0.2) is 11.5 Å². The Morgan fingerprint density at radius 1 is 1.07 bits per heavy atom. The monoisotopic (exact) mass is 391 g/mol. The smallest absolute Gasteiger partial charge is 0.327 e. The number of likely N-dealkylation sites (N-methyl/N-ethyl adjacent to an activating group) is 1. The minimum atomic E-state index is -0.807. The van der Waals surface area contributed by atoms with Crippen LogP contribution >= 0.6 is 0 Å². The van der Waals surface area contributed by atoms with E-state index in [1.807, 2.05) is 30.3 Å². The lowest BCUT2D eigenvalue weighted by Crippen LogP contribution is -2.56. The molecule has 148 valence electrons. The molecule has 9 heteroatoms. The number of imide groups is 1. The molecule has 0 bridgehead atoms. The average molecular weight is 391 g/mol. The lowest BCUT2D eigenvalue weighted by atomic mass is 9.85. The van der Waals surface area contributed by atoms with Crippen molar-refractivity contribution < 1.29 is 9.59 Å². The maximum absolute atomic E-state index is 13.1. The Labute approximate surface area is 167 Å². The van der Waals surface area contributed by atoms with Gasteiger partial charge in [0.25, 0.3) is 5.91 Å². The van der Waals surface area contributed by atoms with Crippen LogP contribution in [0.1, 0.15) is 18.4 Å². The van der Waals surface area contributed by atoms with E-state index in [0.29, 0.717) is 38.1 Å². The summed E-state index contributed by atoms with van der Waals surface area (Å²) in [5.74, 6) is 0.662. The molecule has 0 radical (unpaired) electrons. The molecule has 2 aliphatic rings. The predicted octanol–water partition coefficient (Wildman–Crippen LogP) is 1.79. The molecule has 0 unspecified atom stereocenters. The number of aromatic amines is 1. The van der Waals surface area contributed by atoms with Crippen molar-refractivity contribution in [3.8, 4) is 0 Å². The zero-order valence-corrected chi connectivity index (χ0v) is 16.1. The Balaban J connectivity index is 1.43. The van der Waals surface area contributed by atoms with E-state index in [1.165, 1.54) is 11.2 Å². The molecule has 4 heterocycles. The summed E-state index contributed by atoms with van der Waals surface area (Å²) in [4.78, 5) is 47.0. The maximum atomic E-state index is 13.1. The lowest BCUT2D eigenvalue weighted by molar-refractivity contribution is -0.133. The second-order valence-electron chi connectivity index (χ2n) is 7.54. The first kappa shape index (κ1) is 17.6. The van der Waals surface area contributed by atoms with Crippen LogP contribution in [0.3, 0.4) is 0 Å². The zero-order valence-electron chi connectivity index (χ0n) is 16.1. The normalized spacial score (nSPS) is 19.0. The van der Waals surface area contributed by atoms with Crippen molar-refractivity contribution in [2.75, 3.05) is 25.0 Å². The molecule has 2 aliphatic heterocycles. The topological polar surface area (TPSA) is 98.3 Å². The molecule has 3 amide bonds. The largest absolute Gasteiger partial charge is 0.355 e. The van der Waals surface area contributed by atoms with Crippen LogP contribution in [-0.2, 0) is 11.3 Å². The van der Waals surface area contributed by atoms with Crippen LogP contribution in [0.5, 0.6) is 0 Å². The van der Waals surface area contributed by atoms with Crippen molar-refractivity contribution >= 4 is 28.9 Å². The summed E-state index contributed by atoms with van der Waals surface area (Å²) in [5, 5.41) is 0. The van der Waals surface area contributed by atoms with Gasteiger partial charge in [-0.1, -0.05) is 30.3 Å². The molecule has 2 aromatic heterocycles. The summed E-state index contributed by atoms with van der Waals surface area (Å²) in [5.41, 5.74) is 1.61. The number of fused-ring (bicyclic) bond motifs is 1. The number of rotatable bonds is 3. The van der Waals surface area contributed by atoms with Crippen LogP contribution in [0, 0.1) is 0 Å². The van der Waals surface area contributed by atoms with Gasteiger partial charge in [0.05, 0.1) is 6.33 Å². The summed E-state index contributed by atoms with van der Waals surface area (Å²) < 4.78 is 0. The number of piperidine rings is 1. The highest BCUT2D eigenvalue weighted by molar-refractivity contribution is 6.07. The van der Waals surface area contributed by atoms with E-state index >= 15 is 0 Å². The summed E-state index contributed by atoms with van der Waals surface area (Å²) in [6, 6.07) is 9.57. The van der Waals surface area contributed by atoms with Gasteiger partial charge in [-0.3, -0.25) is 9.69 Å². The van der Waals surface area contributed by atoms with Crippen molar-refractivity contribution in [1.82, 2.24) is 29.7 Å². The van der Waals surface area contributed by atoms with Gasteiger partial charge in [-0.2, -0.15) is 0 Å². The molecule has 1 aromatic carbocycles.